The van der Waals surface area contributed by atoms with Gasteiger partial charge in [-0.15, -0.1) is 0 Å². The van der Waals surface area contributed by atoms with Gasteiger partial charge in [0.2, 0.25) is 0 Å². The van der Waals surface area contributed by atoms with Crippen LogP contribution in [-0.2, 0) is 6.42 Å². The van der Waals surface area contributed by atoms with Gasteiger partial charge in [0.15, 0.2) is 0 Å². The van der Waals surface area contributed by atoms with Gasteiger partial charge in [-0.2, -0.15) is 0 Å². The Hall–Kier alpha value is -2.30. The minimum Gasteiger partial charge on any atom is -0.508 e. The number of aromatic amines is 1. The molecule has 0 aliphatic heterocycles. The summed E-state index contributed by atoms with van der Waals surface area (Å²) in [5.41, 5.74) is 1.52. The second-order valence-electron chi connectivity index (χ2n) is 3.63. The van der Waals surface area contributed by atoms with Crippen molar-refractivity contribution in [3.05, 3.63) is 48.0 Å². The number of imidazole rings is 1. The fourth-order valence-electron chi connectivity index (χ4n) is 1.45. The Kier molecular flexibility index (Phi) is 3.40. The molecule has 0 fully saturated rings. The minimum atomic E-state index is -0.149. The summed E-state index contributed by atoms with van der Waals surface area (Å²) in [6, 6.07) is 6.15. The molecule has 1 heterocycles. The lowest BCUT2D eigenvalue weighted by Crippen LogP contribution is -2.25. The molecule has 88 valence electrons. The van der Waals surface area contributed by atoms with Crippen molar-refractivity contribution in [3.63, 3.8) is 0 Å². The Balaban J connectivity index is 1.83. The number of phenols is 1. The number of hydrogen-bond acceptors (Lipinski definition) is 3. The maximum Gasteiger partial charge on any atom is 0.251 e. The molecule has 5 nitrogen and oxygen atoms in total. The van der Waals surface area contributed by atoms with Crippen molar-refractivity contribution in [3.8, 4) is 5.75 Å². The number of carbonyl (C=O) groups is 1. The van der Waals surface area contributed by atoms with E-state index in [1.165, 1.54) is 12.1 Å². The number of aromatic nitrogens is 2. The summed E-state index contributed by atoms with van der Waals surface area (Å²) < 4.78 is 0. The largest absolute Gasteiger partial charge is 0.508 e. The van der Waals surface area contributed by atoms with Crippen LogP contribution in [0.4, 0.5) is 0 Å². The quantitative estimate of drug-likeness (QED) is 0.737. The van der Waals surface area contributed by atoms with Gasteiger partial charge >= 0.3 is 0 Å². The van der Waals surface area contributed by atoms with Crippen LogP contribution in [0.2, 0.25) is 0 Å². The predicted octanol–water partition coefficient (Wildman–Crippen LogP) is 1.09. The van der Waals surface area contributed by atoms with Crippen LogP contribution in [-0.4, -0.2) is 27.5 Å². The summed E-state index contributed by atoms with van der Waals surface area (Å²) in [5, 5.41) is 11.9. The van der Waals surface area contributed by atoms with Gasteiger partial charge in [0.25, 0.3) is 5.91 Å². The SMILES string of the molecule is O=C(NCCc1cnc[nH]1)c1ccc(O)cc1. The molecule has 0 atom stereocenters. The van der Waals surface area contributed by atoms with E-state index in [4.69, 9.17) is 5.11 Å². The Bertz CT molecular complexity index is 477. The van der Waals surface area contributed by atoms with Crippen molar-refractivity contribution in [2.24, 2.45) is 0 Å². The highest BCUT2D eigenvalue weighted by Gasteiger charge is 2.04. The van der Waals surface area contributed by atoms with E-state index in [9.17, 15) is 4.79 Å². The van der Waals surface area contributed by atoms with Crippen molar-refractivity contribution in [2.75, 3.05) is 6.54 Å². The molecule has 2 rings (SSSR count). The highest BCUT2D eigenvalue weighted by molar-refractivity contribution is 5.94. The molecule has 0 bridgehead atoms. The third-order valence-corrected chi connectivity index (χ3v) is 2.36. The number of phenolic OH excluding ortho intramolecular Hbond substituents is 1. The van der Waals surface area contributed by atoms with Crippen LogP contribution in [0, 0.1) is 0 Å². The second-order valence-corrected chi connectivity index (χ2v) is 3.63. The van der Waals surface area contributed by atoms with Gasteiger partial charge in [-0.3, -0.25) is 4.79 Å². The molecule has 1 amide bonds. The smallest absolute Gasteiger partial charge is 0.251 e. The van der Waals surface area contributed by atoms with E-state index < -0.39 is 0 Å². The van der Waals surface area contributed by atoms with Crippen LogP contribution in [0.3, 0.4) is 0 Å². The molecular formula is C12H13N3O2. The lowest BCUT2D eigenvalue weighted by molar-refractivity contribution is 0.0954. The number of amides is 1. The van der Waals surface area contributed by atoms with Crippen LogP contribution in [0.25, 0.3) is 0 Å². The number of rotatable bonds is 4. The Morgan fingerprint density at radius 3 is 2.76 bits per heavy atom. The molecule has 17 heavy (non-hydrogen) atoms. The number of nitrogens with zero attached hydrogens (tertiary/aromatic N) is 1. The minimum absolute atomic E-state index is 0.149. The van der Waals surface area contributed by atoms with Gasteiger partial charge in [0.1, 0.15) is 5.75 Å². The van der Waals surface area contributed by atoms with Crippen LogP contribution in [0.1, 0.15) is 16.1 Å². The lowest BCUT2D eigenvalue weighted by atomic mass is 10.2. The highest BCUT2D eigenvalue weighted by atomic mass is 16.3. The van der Waals surface area contributed by atoms with Crippen molar-refractivity contribution in [1.29, 1.82) is 0 Å². The van der Waals surface area contributed by atoms with Crippen LogP contribution >= 0.6 is 0 Å². The van der Waals surface area contributed by atoms with Crippen molar-refractivity contribution >= 4 is 5.91 Å². The lowest BCUT2D eigenvalue weighted by Gasteiger charge is -2.04. The van der Waals surface area contributed by atoms with E-state index in [1.54, 1.807) is 24.7 Å². The monoisotopic (exact) mass is 231 g/mol. The van der Waals surface area contributed by atoms with E-state index in [0.29, 0.717) is 18.5 Å². The van der Waals surface area contributed by atoms with E-state index in [-0.39, 0.29) is 11.7 Å². The third kappa shape index (κ3) is 3.07. The van der Waals surface area contributed by atoms with E-state index in [2.05, 4.69) is 15.3 Å². The molecule has 3 N–H and O–H groups in total. The Labute approximate surface area is 98.5 Å². The summed E-state index contributed by atoms with van der Waals surface area (Å²) in [7, 11) is 0. The molecular weight excluding hydrogens is 218 g/mol. The maximum absolute atomic E-state index is 11.7. The summed E-state index contributed by atoms with van der Waals surface area (Å²) in [6.07, 6.45) is 4.05. The molecule has 1 aromatic carbocycles. The number of benzene rings is 1. The van der Waals surface area contributed by atoms with Crippen LogP contribution in [0.5, 0.6) is 5.75 Å². The molecule has 0 spiro atoms. The van der Waals surface area contributed by atoms with E-state index >= 15 is 0 Å². The Morgan fingerprint density at radius 2 is 2.12 bits per heavy atom. The second kappa shape index (κ2) is 5.16. The number of carbonyl (C=O) groups excluding carboxylic acids is 1. The normalized spacial score (nSPS) is 10.1. The Morgan fingerprint density at radius 1 is 1.35 bits per heavy atom. The van der Waals surface area contributed by atoms with Crippen molar-refractivity contribution in [2.45, 2.75) is 6.42 Å². The molecule has 0 radical (unpaired) electrons. The molecule has 0 saturated carbocycles. The first-order valence-corrected chi connectivity index (χ1v) is 5.30. The van der Waals surface area contributed by atoms with Crippen LogP contribution < -0.4 is 5.32 Å². The average molecular weight is 231 g/mol. The van der Waals surface area contributed by atoms with Crippen molar-refractivity contribution < 1.29 is 9.90 Å². The third-order valence-electron chi connectivity index (χ3n) is 2.36. The molecule has 5 heteroatoms. The molecule has 0 aliphatic rings. The molecule has 2 aromatic rings. The zero-order valence-corrected chi connectivity index (χ0v) is 9.18. The number of hydrogen-bond donors (Lipinski definition) is 3. The predicted molar refractivity (Wildman–Crippen MR) is 62.7 cm³/mol. The first-order valence-electron chi connectivity index (χ1n) is 5.30. The van der Waals surface area contributed by atoms with Gasteiger partial charge in [-0.25, -0.2) is 4.98 Å². The zero-order chi connectivity index (χ0) is 12.1. The topological polar surface area (TPSA) is 78.0 Å². The van der Waals surface area contributed by atoms with Gasteiger partial charge in [0.05, 0.1) is 6.33 Å². The van der Waals surface area contributed by atoms with Gasteiger partial charge in [-0.05, 0) is 24.3 Å². The first-order chi connectivity index (χ1) is 8.25. The van der Waals surface area contributed by atoms with Gasteiger partial charge in [0, 0.05) is 30.4 Å². The van der Waals surface area contributed by atoms with E-state index in [0.717, 1.165) is 5.69 Å². The number of nitrogens with one attached hydrogen (secondary N) is 2. The standard InChI is InChI=1S/C12H13N3O2/c16-11-3-1-9(2-4-11)12(17)14-6-5-10-7-13-8-15-10/h1-4,7-8,16H,5-6H2,(H,13,15)(H,14,17). The molecule has 1 aromatic heterocycles. The summed E-state index contributed by atoms with van der Waals surface area (Å²) >= 11 is 0. The van der Waals surface area contributed by atoms with Crippen molar-refractivity contribution in [1.82, 2.24) is 15.3 Å². The number of H-pyrrole nitrogens is 1. The zero-order valence-electron chi connectivity index (χ0n) is 9.18. The van der Waals surface area contributed by atoms with Crippen LogP contribution in [0.15, 0.2) is 36.8 Å². The van der Waals surface area contributed by atoms with Gasteiger partial charge < -0.3 is 15.4 Å². The average Bonchev–Trinajstić information content (AvgIpc) is 2.83. The number of aromatic hydroxyl groups is 1. The molecule has 0 aliphatic carbocycles. The van der Waals surface area contributed by atoms with Gasteiger partial charge in [-0.1, -0.05) is 0 Å². The summed E-state index contributed by atoms with van der Waals surface area (Å²) in [6.45, 7) is 0.544. The summed E-state index contributed by atoms with van der Waals surface area (Å²) in [4.78, 5) is 18.5. The fourth-order valence-corrected chi connectivity index (χ4v) is 1.45. The fraction of sp³-hybridized carbons (Fsp3) is 0.167. The molecule has 0 unspecified atom stereocenters. The summed E-state index contributed by atoms with van der Waals surface area (Å²) in [5.74, 6) is 0.00326. The van der Waals surface area contributed by atoms with E-state index in [1.807, 2.05) is 0 Å². The maximum atomic E-state index is 11.7. The highest BCUT2D eigenvalue weighted by Crippen LogP contribution is 2.09. The molecule has 0 saturated heterocycles. The first kappa shape index (κ1) is 11.2.